The molecule has 2 rings (SSSR count). The van der Waals surface area contributed by atoms with Gasteiger partial charge in [0.1, 0.15) is 5.69 Å². The molecule has 22 heavy (non-hydrogen) atoms. The highest BCUT2D eigenvalue weighted by atomic mass is 35.5. The second-order valence-corrected chi connectivity index (χ2v) is 6.27. The topological polar surface area (TPSA) is 68.0 Å². The van der Waals surface area contributed by atoms with Crippen LogP contribution in [0.25, 0.3) is 0 Å². The summed E-state index contributed by atoms with van der Waals surface area (Å²) in [4.78, 5) is 16.5. The van der Waals surface area contributed by atoms with Gasteiger partial charge in [0.25, 0.3) is 5.91 Å². The van der Waals surface area contributed by atoms with E-state index in [0.717, 1.165) is 11.4 Å². The summed E-state index contributed by atoms with van der Waals surface area (Å²) in [5.74, 6) is -0.170. The number of hydrogen-bond donors (Lipinski definition) is 2. The Kier molecular flexibility index (Phi) is 8.63. The van der Waals surface area contributed by atoms with Crippen LogP contribution in [0.4, 0.5) is 0 Å². The van der Waals surface area contributed by atoms with Crippen LogP contribution in [-0.2, 0) is 6.42 Å². The van der Waals surface area contributed by atoms with E-state index in [4.69, 9.17) is 5.73 Å². The van der Waals surface area contributed by atoms with Gasteiger partial charge in [0, 0.05) is 23.9 Å². The van der Waals surface area contributed by atoms with E-state index in [0.29, 0.717) is 12.2 Å². The average molecular weight is 362 g/mol. The predicted molar refractivity (Wildman–Crippen MR) is 96.5 cm³/mol. The zero-order valence-corrected chi connectivity index (χ0v) is 15.0. The molecule has 4 nitrogen and oxygen atoms in total. The second kappa shape index (κ2) is 9.10. The fourth-order valence-corrected chi connectivity index (χ4v) is 2.50. The van der Waals surface area contributed by atoms with Crippen LogP contribution < -0.4 is 11.1 Å². The maximum absolute atomic E-state index is 12.1. The van der Waals surface area contributed by atoms with Crippen LogP contribution in [-0.4, -0.2) is 23.0 Å². The molecule has 0 saturated carbocycles. The van der Waals surface area contributed by atoms with Crippen LogP contribution in [0.1, 0.15) is 34.9 Å². The van der Waals surface area contributed by atoms with E-state index in [-0.39, 0.29) is 30.7 Å². The Morgan fingerprint density at radius 3 is 2.50 bits per heavy atom. The summed E-state index contributed by atoms with van der Waals surface area (Å²) < 4.78 is 0. The molecule has 3 N–H and O–H groups in total. The van der Waals surface area contributed by atoms with Crippen LogP contribution >= 0.6 is 36.2 Å². The minimum absolute atomic E-state index is 0. The number of benzene rings is 1. The molecule has 0 saturated heterocycles. The van der Waals surface area contributed by atoms with E-state index in [1.54, 1.807) is 5.38 Å². The fraction of sp³-hybridized carbons (Fsp3) is 0.333. The Balaban J connectivity index is 0.00000220. The molecular weight excluding hydrogens is 341 g/mol. The Morgan fingerprint density at radius 1 is 1.27 bits per heavy atom. The number of carbonyl (C=O) groups is 1. The highest BCUT2D eigenvalue weighted by molar-refractivity contribution is 7.09. The van der Waals surface area contributed by atoms with Crippen LogP contribution in [0.3, 0.4) is 0 Å². The van der Waals surface area contributed by atoms with Crippen LogP contribution in [0.15, 0.2) is 35.7 Å². The zero-order chi connectivity index (χ0) is 14.6. The highest BCUT2D eigenvalue weighted by Crippen LogP contribution is 2.15. The summed E-state index contributed by atoms with van der Waals surface area (Å²) in [5, 5.41) is 5.61. The lowest BCUT2D eigenvalue weighted by atomic mass is 10.1. The summed E-state index contributed by atoms with van der Waals surface area (Å²) >= 11 is 1.50. The number of nitrogens with zero attached hydrogens (tertiary/aromatic N) is 1. The molecule has 1 aromatic heterocycles. The molecule has 0 fully saturated rings. The lowest BCUT2D eigenvalue weighted by Gasteiger charge is -2.23. The number of halogens is 2. The first-order valence-electron chi connectivity index (χ1n) is 6.51. The zero-order valence-electron chi connectivity index (χ0n) is 12.5. The Bertz CT molecular complexity index is 587. The molecule has 0 unspecified atom stereocenters. The normalized spacial score (nSPS) is 10.3. The third kappa shape index (κ3) is 5.93. The van der Waals surface area contributed by atoms with Gasteiger partial charge in [0.05, 0.1) is 5.01 Å². The van der Waals surface area contributed by atoms with Crippen LogP contribution in [0.2, 0.25) is 0 Å². The molecule has 0 bridgehead atoms. The van der Waals surface area contributed by atoms with Crippen LogP contribution in [0, 0.1) is 0 Å². The second-order valence-electron chi connectivity index (χ2n) is 5.33. The Morgan fingerprint density at radius 2 is 1.91 bits per heavy atom. The minimum atomic E-state index is -0.416. The van der Waals surface area contributed by atoms with Gasteiger partial charge in [-0.15, -0.1) is 36.2 Å². The fourth-order valence-electron chi connectivity index (χ4n) is 1.69. The van der Waals surface area contributed by atoms with Crippen molar-refractivity contribution in [3.05, 3.63) is 52.0 Å². The number of thiazole rings is 1. The lowest BCUT2D eigenvalue weighted by Crippen LogP contribution is -2.48. The van der Waals surface area contributed by atoms with Crippen molar-refractivity contribution in [1.82, 2.24) is 10.3 Å². The summed E-state index contributed by atoms with van der Waals surface area (Å²) in [7, 11) is 0. The minimum Gasteiger partial charge on any atom is -0.345 e. The number of hydrogen-bond acceptors (Lipinski definition) is 4. The summed E-state index contributed by atoms with van der Waals surface area (Å²) in [5.41, 5.74) is 6.84. The van der Waals surface area contributed by atoms with E-state index in [2.05, 4.69) is 22.4 Å². The molecule has 0 spiro atoms. The first-order chi connectivity index (χ1) is 9.50. The van der Waals surface area contributed by atoms with Gasteiger partial charge < -0.3 is 11.1 Å². The van der Waals surface area contributed by atoms with Crippen molar-refractivity contribution >= 4 is 42.1 Å². The van der Waals surface area contributed by atoms with Gasteiger partial charge in [0.2, 0.25) is 0 Å². The van der Waals surface area contributed by atoms with Gasteiger partial charge in [-0.25, -0.2) is 4.98 Å². The van der Waals surface area contributed by atoms with E-state index in [1.165, 1.54) is 16.9 Å². The first-order valence-corrected chi connectivity index (χ1v) is 7.39. The van der Waals surface area contributed by atoms with Gasteiger partial charge in [-0.2, -0.15) is 0 Å². The lowest BCUT2D eigenvalue weighted by molar-refractivity contribution is 0.0911. The largest absolute Gasteiger partial charge is 0.345 e. The van der Waals surface area contributed by atoms with Crippen molar-refractivity contribution in [3.63, 3.8) is 0 Å². The van der Waals surface area contributed by atoms with Crippen molar-refractivity contribution in [2.45, 2.75) is 25.8 Å². The number of nitrogens with one attached hydrogen (secondary N) is 1. The molecule has 7 heteroatoms. The average Bonchev–Trinajstić information content (AvgIpc) is 2.88. The maximum atomic E-state index is 12.1. The van der Waals surface area contributed by atoms with E-state index >= 15 is 0 Å². The number of rotatable bonds is 5. The Hall–Kier alpha value is -1.14. The molecule has 0 radical (unpaired) electrons. The smallest absolute Gasteiger partial charge is 0.271 e. The molecule has 1 amide bonds. The number of carbonyl (C=O) groups excluding carboxylic acids is 1. The van der Waals surface area contributed by atoms with Crippen LogP contribution in [0.5, 0.6) is 0 Å². The molecular formula is C15H21Cl2N3OS. The summed E-state index contributed by atoms with van der Waals surface area (Å²) in [6, 6.07) is 10.1. The number of nitrogens with two attached hydrogens (primary N) is 1. The molecule has 0 aliphatic heterocycles. The maximum Gasteiger partial charge on any atom is 0.271 e. The van der Waals surface area contributed by atoms with Crippen molar-refractivity contribution in [3.8, 4) is 0 Å². The van der Waals surface area contributed by atoms with Gasteiger partial charge in [-0.05, 0) is 19.4 Å². The molecule has 122 valence electrons. The third-order valence-corrected chi connectivity index (χ3v) is 3.79. The van der Waals surface area contributed by atoms with Gasteiger partial charge >= 0.3 is 0 Å². The summed E-state index contributed by atoms with van der Waals surface area (Å²) in [6.07, 6.45) is 0.749. The van der Waals surface area contributed by atoms with Crippen molar-refractivity contribution in [1.29, 1.82) is 0 Å². The number of aromatic nitrogens is 1. The van der Waals surface area contributed by atoms with Gasteiger partial charge in [-0.3, -0.25) is 4.79 Å². The quantitative estimate of drug-likeness (QED) is 0.859. The third-order valence-electron chi connectivity index (χ3n) is 2.94. The standard InChI is InChI=1S/C15H19N3OS.2ClH/c1-15(2,10-16)18-14(19)12-9-20-13(17-12)8-11-6-4-3-5-7-11;;/h3-7,9H,8,10,16H2,1-2H3,(H,18,19);2*1H. The molecule has 0 aliphatic carbocycles. The molecule has 0 atom stereocenters. The van der Waals surface area contributed by atoms with Gasteiger partial charge in [0.15, 0.2) is 0 Å². The van der Waals surface area contributed by atoms with E-state index in [9.17, 15) is 4.79 Å². The number of amides is 1. The molecule has 1 heterocycles. The van der Waals surface area contributed by atoms with Crippen molar-refractivity contribution in [2.24, 2.45) is 5.73 Å². The molecule has 1 aromatic carbocycles. The Labute approximate surface area is 147 Å². The molecule has 2 aromatic rings. The van der Waals surface area contributed by atoms with E-state index < -0.39 is 5.54 Å². The van der Waals surface area contributed by atoms with E-state index in [1.807, 2.05) is 32.0 Å². The molecule has 0 aliphatic rings. The predicted octanol–water partition coefficient (Wildman–Crippen LogP) is 3.04. The summed E-state index contributed by atoms with van der Waals surface area (Å²) in [6.45, 7) is 4.17. The van der Waals surface area contributed by atoms with Gasteiger partial charge in [-0.1, -0.05) is 30.3 Å². The van der Waals surface area contributed by atoms with Crippen molar-refractivity contribution < 1.29 is 4.79 Å². The monoisotopic (exact) mass is 361 g/mol. The van der Waals surface area contributed by atoms with Crippen molar-refractivity contribution in [2.75, 3.05) is 6.54 Å². The first kappa shape index (κ1) is 20.9. The highest BCUT2D eigenvalue weighted by Gasteiger charge is 2.20. The SMILES string of the molecule is CC(C)(CN)NC(=O)c1csc(Cc2ccccc2)n1.Cl.Cl.